The molecule has 47 heavy (non-hydrogen) atoms. The van der Waals surface area contributed by atoms with Crippen LogP contribution in [0.15, 0.2) is 69.8 Å². The lowest BCUT2D eigenvalue weighted by Crippen LogP contribution is -2.11. The van der Waals surface area contributed by atoms with Crippen molar-refractivity contribution in [2.75, 3.05) is 10.6 Å². The molecule has 0 fully saturated rings. The highest BCUT2D eigenvalue weighted by Gasteiger charge is 2.24. The first-order chi connectivity index (χ1) is 22.6. The highest BCUT2D eigenvalue weighted by Crippen LogP contribution is 2.40. The Kier molecular flexibility index (Phi) is 10.2. The number of furan rings is 1. The number of amides is 2. The van der Waals surface area contributed by atoms with Crippen LogP contribution in [0.25, 0.3) is 44.3 Å². The van der Waals surface area contributed by atoms with Crippen molar-refractivity contribution >= 4 is 78.5 Å². The summed E-state index contributed by atoms with van der Waals surface area (Å²) in [6.07, 6.45) is 3.90. The fourth-order valence-corrected chi connectivity index (χ4v) is 5.50. The first-order valence-corrected chi connectivity index (χ1v) is 15.7. The van der Waals surface area contributed by atoms with Crippen LogP contribution in [0.2, 0.25) is 5.02 Å². The Labute approximate surface area is 281 Å². The summed E-state index contributed by atoms with van der Waals surface area (Å²) in [5.41, 5.74) is 3.46. The van der Waals surface area contributed by atoms with Gasteiger partial charge in [0.2, 0.25) is 11.8 Å². The average molecular weight is 723 g/mol. The molecule has 13 nitrogen and oxygen atoms in total. The number of aromatic nitrogens is 4. The van der Waals surface area contributed by atoms with Gasteiger partial charge < -0.3 is 20.2 Å². The molecule has 2 amide bonds. The molecule has 0 aliphatic rings. The molecule has 0 saturated carbocycles. The van der Waals surface area contributed by atoms with E-state index in [1.807, 2.05) is 50.2 Å². The molecular weight excluding hydrogens is 694 g/mol. The predicted octanol–water partition coefficient (Wildman–Crippen LogP) is 8.56. The third kappa shape index (κ3) is 7.28. The second-order valence-electron chi connectivity index (χ2n) is 10.4. The summed E-state index contributed by atoms with van der Waals surface area (Å²) in [5.74, 6) is 1.42. The van der Waals surface area contributed by atoms with Gasteiger partial charge in [0.05, 0.1) is 22.1 Å². The van der Waals surface area contributed by atoms with Crippen LogP contribution in [0.4, 0.5) is 17.3 Å². The standard InChI is InChI=1S/C21H19N3O3.C11H10BrClN4O3/c1-2-4-20(26)22-21-17-11-16(19-5-3-10-27-19)15(12-18(17)23-24-21)13-6-8-14(25)9-7-13;1-2-3-7(18)14-11-5-4-6(12)8(13)10(17(19)20)9(5)15-16-11/h3,5-12,25H,2,4H2,1H3,(H2,22,23,24,26);4H,2-3H2,1H3,(H2,14,15,16,18). The van der Waals surface area contributed by atoms with Gasteiger partial charge in [-0.15, -0.1) is 0 Å². The number of anilines is 2. The summed E-state index contributed by atoms with van der Waals surface area (Å²) in [7, 11) is 0. The fourth-order valence-electron chi connectivity index (χ4n) is 4.87. The number of phenolic OH excluding ortho intramolecular Hbond substituents is 1. The summed E-state index contributed by atoms with van der Waals surface area (Å²) >= 11 is 9.07. The van der Waals surface area contributed by atoms with Crippen molar-refractivity contribution in [1.29, 1.82) is 0 Å². The van der Waals surface area contributed by atoms with Gasteiger partial charge >= 0.3 is 5.69 Å². The highest BCUT2D eigenvalue weighted by molar-refractivity contribution is 9.10. The van der Waals surface area contributed by atoms with Gasteiger partial charge in [-0.2, -0.15) is 10.2 Å². The number of H-pyrrole nitrogens is 2. The Morgan fingerprint density at radius 2 is 1.60 bits per heavy atom. The average Bonchev–Trinajstić information content (AvgIpc) is 3.79. The van der Waals surface area contributed by atoms with Crippen molar-refractivity contribution < 1.29 is 24.0 Å². The number of aromatic hydroxyl groups is 1. The van der Waals surface area contributed by atoms with Gasteiger partial charge in [-0.1, -0.05) is 37.6 Å². The van der Waals surface area contributed by atoms with Gasteiger partial charge in [0, 0.05) is 28.3 Å². The first kappa shape index (κ1) is 33.2. The monoisotopic (exact) mass is 721 g/mol. The number of carbonyl (C=O) groups excluding carboxylic acids is 2. The maximum absolute atomic E-state index is 12.0. The van der Waals surface area contributed by atoms with Crippen LogP contribution in [-0.2, 0) is 9.59 Å². The summed E-state index contributed by atoms with van der Waals surface area (Å²) in [6.45, 7) is 3.84. The summed E-state index contributed by atoms with van der Waals surface area (Å²) < 4.78 is 5.99. The largest absolute Gasteiger partial charge is 0.508 e. The lowest BCUT2D eigenvalue weighted by molar-refractivity contribution is -0.383. The molecule has 0 unspecified atom stereocenters. The van der Waals surface area contributed by atoms with E-state index < -0.39 is 4.92 Å². The van der Waals surface area contributed by atoms with Crippen molar-refractivity contribution in [2.24, 2.45) is 0 Å². The normalized spacial score (nSPS) is 10.9. The van der Waals surface area contributed by atoms with Crippen LogP contribution in [-0.4, -0.2) is 42.2 Å². The zero-order valence-electron chi connectivity index (χ0n) is 25.2. The quantitative estimate of drug-likeness (QED) is 0.0724. The summed E-state index contributed by atoms with van der Waals surface area (Å²) in [4.78, 5) is 34.1. The van der Waals surface area contributed by atoms with Gasteiger partial charge in [0.25, 0.3) is 0 Å². The predicted molar refractivity (Wildman–Crippen MR) is 183 cm³/mol. The molecule has 0 spiro atoms. The minimum Gasteiger partial charge on any atom is -0.508 e. The zero-order valence-corrected chi connectivity index (χ0v) is 27.5. The van der Waals surface area contributed by atoms with Crippen molar-refractivity contribution in [3.8, 4) is 28.2 Å². The minimum atomic E-state index is -0.592. The Morgan fingerprint density at radius 1 is 0.957 bits per heavy atom. The SMILES string of the molecule is CCCC(=O)Nc1n[nH]c2c([N+](=O)[O-])c(Cl)c(Br)cc12.CCCC(=O)Nc1n[nH]c2cc(-c3ccc(O)cc3)c(-c3ccco3)cc12. The molecular formula is C32H29BrClN7O6. The maximum atomic E-state index is 12.0. The zero-order chi connectivity index (χ0) is 33.7. The Hall–Kier alpha value is -5.21. The van der Waals surface area contributed by atoms with E-state index in [1.54, 1.807) is 24.5 Å². The Bertz CT molecular complexity index is 2070. The molecule has 3 heterocycles. The molecule has 0 bridgehead atoms. The van der Waals surface area contributed by atoms with E-state index in [0.717, 1.165) is 34.0 Å². The minimum absolute atomic E-state index is 0.0161. The molecule has 0 aliphatic carbocycles. The molecule has 15 heteroatoms. The third-order valence-electron chi connectivity index (χ3n) is 7.05. The fraction of sp³-hybridized carbons (Fsp3) is 0.188. The van der Waals surface area contributed by atoms with E-state index in [-0.39, 0.29) is 39.6 Å². The summed E-state index contributed by atoms with van der Waals surface area (Å²) in [6, 6.07) is 16.2. The molecule has 6 aromatic rings. The number of rotatable bonds is 9. The molecule has 0 saturated heterocycles. The second-order valence-corrected chi connectivity index (χ2v) is 11.6. The third-order valence-corrected chi connectivity index (χ3v) is 8.28. The number of benzene rings is 3. The van der Waals surface area contributed by atoms with Gasteiger partial charge in [-0.3, -0.25) is 29.9 Å². The van der Waals surface area contributed by atoms with Crippen LogP contribution >= 0.6 is 27.5 Å². The first-order valence-electron chi connectivity index (χ1n) is 14.6. The number of nitrogens with zero attached hydrogens (tertiary/aromatic N) is 3. The van der Waals surface area contributed by atoms with Gasteiger partial charge in [0.1, 0.15) is 22.0 Å². The number of hydrogen-bond acceptors (Lipinski definition) is 8. The van der Waals surface area contributed by atoms with Crippen molar-refractivity contribution in [3.63, 3.8) is 0 Å². The molecule has 0 atom stereocenters. The number of phenols is 1. The van der Waals surface area contributed by atoms with Gasteiger partial charge in [-0.05, 0) is 82.4 Å². The molecule has 0 radical (unpaired) electrons. The van der Waals surface area contributed by atoms with E-state index in [9.17, 15) is 24.8 Å². The lowest BCUT2D eigenvalue weighted by atomic mass is 9.96. The van der Waals surface area contributed by atoms with Crippen LogP contribution in [0.5, 0.6) is 5.75 Å². The van der Waals surface area contributed by atoms with E-state index >= 15 is 0 Å². The molecule has 6 rings (SSSR count). The maximum Gasteiger partial charge on any atom is 0.314 e. The van der Waals surface area contributed by atoms with Gasteiger partial charge in [0.15, 0.2) is 11.6 Å². The van der Waals surface area contributed by atoms with E-state index in [1.165, 1.54) is 0 Å². The van der Waals surface area contributed by atoms with Crippen LogP contribution < -0.4 is 10.6 Å². The topological polar surface area (TPSA) is 192 Å². The van der Waals surface area contributed by atoms with Crippen LogP contribution in [0.1, 0.15) is 39.5 Å². The Morgan fingerprint density at radius 3 is 2.19 bits per heavy atom. The molecule has 242 valence electrons. The number of halogens is 2. The van der Waals surface area contributed by atoms with Crippen LogP contribution in [0, 0.1) is 10.1 Å². The van der Waals surface area contributed by atoms with E-state index in [0.29, 0.717) is 40.7 Å². The molecule has 3 aromatic heterocycles. The number of carbonyl (C=O) groups is 2. The number of aromatic amines is 2. The molecule has 3 aromatic carbocycles. The van der Waals surface area contributed by atoms with Crippen LogP contribution in [0.3, 0.4) is 0 Å². The molecule has 5 N–H and O–H groups in total. The van der Waals surface area contributed by atoms with Crippen molar-refractivity contribution in [2.45, 2.75) is 39.5 Å². The lowest BCUT2D eigenvalue weighted by Gasteiger charge is -2.09. The second kappa shape index (κ2) is 14.5. The van der Waals surface area contributed by atoms with E-state index in [4.69, 9.17) is 16.0 Å². The van der Waals surface area contributed by atoms with Crippen molar-refractivity contribution in [3.05, 3.63) is 80.5 Å². The van der Waals surface area contributed by atoms with Crippen molar-refractivity contribution in [1.82, 2.24) is 20.4 Å². The number of nitrogens with one attached hydrogen (secondary N) is 4. The number of nitro benzene ring substituents is 1. The smallest absolute Gasteiger partial charge is 0.314 e. The highest BCUT2D eigenvalue weighted by atomic mass is 79.9. The van der Waals surface area contributed by atoms with E-state index in [2.05, 4.69) is 47.0 Å². The summed E-state index contributed by atoms with van der Waals surface area (Å²) in [5, 5.41) is 41.1. The number of fused-ring (bicyclic) bond motifs is 2. The number of nitro groups is 1. The number of hydrogen-bond donors (Lipinski definition) is 5. The van der Waals surface area contributed by atoms with Gasteiger partial charge in [-0.25, -0.2) is 0 Å². The Balaban J connectivity index is 0.000000194. The molecule has 0 aliphatic heterocycles.